The lowest BCUT2D eigenvalue weighted by atomic mass is 9.94. The van der Waals surface area contributed by atoms with E-state index in [4.69, 9.17) is 0 Å². The molecule has 0 bridgehead atoms. The van der Waals surface area contributed by atoms with Crippen molar-refractivity contribution in [1.29, 1.82) is 0 Å². The number of carbonyl (C=O) groups is 1. The molecule has 1 atom stereocenters. The number of nitrogens with one attached hydrogen (secondary N) is 1. The number of amides is 1. The summed E-state index contributed by atoms with van der Waals surface area (Å²) in [7, 11) is -2.23. The molecule has 1 amide bonds. The zero-order valence-corrected chi connectivity index (χ0v) is 17.1. The highest BCUT2D eigenvalue weighted by Crippen LogP contribution is 2.23. The SMILES string of the molecule is Cc1ccc(N(C)S(=O)(=O)c2cccc(C(=O)NCC3CC=CCC3)c2)cc1. The van der Waals surface area contributed by atoms with Crippen LogP contribution in [-0.4, -0.2) is 27.9 Å². The maximum Gasteiger partial charge on any atom is 0.264 e. The van der Waals surface area contributed by atoms with Gasteiger partial charge in [0.15, 0.2) is 0 Å². The lowest BCUT2D eigenvalue weighted by molar-refractivity contribution is 0.0946. The Bertz CT molecular complexity index is 966. The van der Waals surface area contributed by atoms with Crippen LogP contribution in [0, 0.1) is 12.8 Å². The number of aryl methyl sites for hydroxylation is 1. The van der Waals surface area contributed by atoms with Gasteiger partial charge in [0.2, 0.25) is 0 Å². The first kappa shape index (κ1) is 20.1. The first-order chi connectivity index (χ1) is 13.4. The van der Waals surface area contributed by atoms with E-state index in [2.05, 4.69) is 17.5 Å². The maximum atomic E-state index is 13.0. The van der Waals surface area contributed by atoms with Gasteiger partial charge in [0.05, 0.1) is 10.6 Å². The van der Waals surface area contributed by atoms with Crippen molar-refractivity contribution in [3.05, 3.63) is 71.8 Å². The summed E-state index contributed by atoms with van der Waals surface area (Å²) in [6.45, 7) is 2.55. The number of benzene rings is 2. The molecule has 1 unspecified atom stereocenters. The van der Waals surface area contributed by atoms with Gasteiger partial charge in [-0.3, -0.25) is 9.10 Å². The van der Waals surface area contributed by atoms with Crippen LogP contribution in [0.3, 0.4) is 0 Å². The van der Waals surface area contributed by atoms with Gasteiger partial charge in [0.25, 0.3) is 15.9 Å². The molecule has 5 nitrogen and oxygen atoms in total. The molecule has 0 fully saturated rings. The number of sulfonamides is 1. The average molecular weight is 399 g/mol. The second kappa shape index (κ2) is 8.61. The molecule has 0 aromatic heterocycles. The van der Waals surface area contributed by atoms with Crippen LogP contribution in [0.1, 0.15) is 35.2 Å². The fourth-order valence-electron chi connectivity index (χ4n) is 3.23. The van der Waals surface area contributed by atoms with Gasteiger partial charge in [-0.15, -0.1) is 0 Å². The minimum atomic E-state index is -3.75. The third-order valence-electron chi connectivity index (χ3n) is 5.08. The Morgan fingerprint density at radius 2 is 1.89 bits per heavy atom. The standard InChI is InChI=1S/C22H26N2O3S/c1-17-11-13-20(14-12-17)24(2)28(26,27)21-10-6-9-19(15-21)22(25)23-16-18-7-4-3-5-8-18/h3-4,6,9-15,18H,5,7-8,16H2,1-2H3,(H,23,25). The summed E-state index contributed by atoms with van der Waals surface area (Å²) in [5.41, 5.74) is 1.98. The predicted octanol–water partition coefficient (Wildman–Crippen LogP) is 3.91. The average Bonchev–Trinajstić information content (AvgIpc) is 2.73. The molecule has 148 valence electrons. The number of hydrogen-bond donors (Lipinski definition) is 1. The first-order valence-corrected chi connectivity index (χ1v) is 10.9. The number of allylic oxidation sites excluding steroid dienone is 2. The highest BCUT2D eigenvalue weighted by atomic mass is 32.2. The van der Waals surface area contributed by atoms with Crippen molar-refractivity contribution in [2.24, 2.45) is 5.92 Å². The minimum Gasteiger partial charge on any atom is -0.352 e. The summed E-state index contributed by atoms with van der Waals surface area (Å²) in [6.07, 6.45) is 7.38. The molecule has 1 aliphatic rings. The Hall–Kier alpha value is -2.60. The van der Waals surface area contributed by atoms with E-state index in [9.17, 15) is 13.2 Å². The second-order valence-electron chi connectivity index (χ2n) is 7.20. The fraction of sp³-hybridized carbons (Fsp3) is 0.318. The third kappa shape index (κ3) is 4.62. The molecule has 0 heterocycles. The van der Waals surface area contributed by atoms with Gasteiger partial charge in [0.1, 0.15) is 0 Å². The van der Waals surface area contributed by atoms with Gasteiger partial charge in [-0.05, 0) is 62.4 Å². The largest absolute Gasteiger partial charge is 0.352 e. The molecule has 1 aliphatic carbocycles. The van der Waals surface area contributed by atoms with Gasteiger partial charge in [-0.25, -0.2) is 8.42 Å². The van der Waals surface area contributed by atoms with E-state index in [0.29, 0.717) is 23.7 Å². The Morgan fingerprint density at radius 3 is 2.57 bits per heavy atom. The number of nitrogens with zero attached hydrogens (tertiary/aromatic N) is 1. The van der Waals surface area contributed by atoms with E-state index in [-0.39, 0.29) is 10.8 Å². The van der Waals surface area contributed by atoms with Crippen molar-refractivity contribution in [3.63, 3.8) is 0 Å². The minimum absolute atomic E-state index is 0.101. The van der Waals surface area contributed by atoms with Crippen molar-refractivity contribution < 1.29 is 13.2 Å². The summed E-state index contributed by atoms with van der Waals surface area (Å²) < 4.78 is 27.2. The molecule has 0 radical (unpaired) electrons. The summed E-state index contributed by atoms with van der Waals surface area (Å²) in [5.74, 6) is 0.193. The molecular weight excluding hydrogens is 372 g/mol. The van der Waals surface area contributed by atoms with Crippen LogP contribution in [0.15, 0.2) is 65.6 Å². The van der Waals surface area contributed by atoms with E-state index in [1.54, 1.807) is 24.3 Å². The molecular formula is C22H26N2O3S. The van der Waals surface area contributed by atoms with Crippen LogP contribution in [0.4, 0.5) is 5.69 Å². The number of hydrogen-bond acceptors (Lipinski definition) is 3. The van der Waals surface area contributed by atoms with Crippen molar-refractivity contribution in [2.45, 2.75) is 31.1 Å². The molecule has 3 rings (SSSR count). The van der Waals surface area contributed by atoms with E-state index in [0.717, 1.165) is 24.8 Å². The Labute approximate surface area is 167 Å². The normalized spacial score (nSPS) is 16.6. The predicted molar refractivity (Wildman–Crippen MR) is 112 cm³/mol. The molecule has 6 heteroatoms. The van der Waals surface area contributed by atoms with Crippen LogP contribution in [-0.2, 0) is 10.0 Å². The Kier molecular flexibility index (Phi) is 6.19. The van der Waals surface area contributed by atoms with Gasteiger partial charge in [0, 0.05) is 19.2 Å². The lowest BCUT2D eigenvalue weighted by Gasteiger charge is -2.20. The maximum absolute atomic E-state index is 13.0. The molecule has 1 N–H and O–H groups in total. The lowest BCUT2D eigenvalue weighted by Crippen LogP contribution is -2.30. The molecule has 0 spiro atoms. The van der Waals surface area contributed by atoms with Gasteiger partial charge in [-0.1, -0.05) is 35.9 Å². The monoisotopic (exact) mass is 398 g/mol. The molecule has 28 heavy (non-hydrogen) atoms. The van der Waals surface area contributed by atoms with Crippen LogP contribution in [0.2, 0.25) is 0 Å². The Balaban J connectivity index is 1.74. The topological polar surface area (TPSA) is 66.5 Å². The van der Waals surface area contributed by atoms with Crippen LogP contribution >= 0.6 is 0 Å². The summed E-state index contributed by atoms with van der Waals surface area (Å²) >= 11 is 0. The van der Waals surface area contributed by atoms with Gasteiger partial charge in [-0.2, -0.15) is 0 Å². The van der Waals surface area contributed by atoms with Crippen molar-refractivity contribution in [1.82, 2.24) is 5.32 Å². The molecule has 2 aromatic carbocycles. The second-order valence-corrected chi connectivity index (χ2v) is 9.17. The van der Waals surface area contributed by atoms with Gasteiger partial charge >= 0.3 is 0 Å². The smallest absolute Gasteiger partial charge is 0.264 e. The summed E-state index contributed by atoms with van der Waals surface area (Å²) in [4.78, 5) is 12.6. The van der Waals surface area contributed by atoms with Gasteiger partial charge < -0.3 is 5.32 Å². The van der Waals surface area contributed by atoms with Crippen molar-refractivity contribution in [3.8, 4) is 0 Å². The fourth-order valence-corrected chi connectivity index (χ4v) is 4.47. The van der Waals surface area contributed by atoms with Crippen LogP contribution in [0.5, 0.6) is 0 Å². The molecule has 0 aliphatic heterocycles. The third-order valence-corrected chi connectivity index (χ3v) is 6.86. The quantitative estimate of drug-likeness (QED) is 0.751. The van der Waals surface area contributed by atoms with E-state index >= 15 is 0 Å². The first-order valence-electron chi connectivity index (χ1n) is 9.47. The number of carbonyl (C=O) groups excluding carboxylic acids is 1. The van der Waals surface area contributed by atoms with Crippen molar-refractivity contribution in [2.75, 3.05) is 17.9 Å². The number of anilines is 1. The highest BCUT2D eigenvalue weighted by molar-refractivity contribution is 7.92. The molecule has 0 saturated carbocycles. The van der Waals surface area contributed by atoms with E-state index < -0.39 is 10.0 Å². The zero-order valence-electron chi connectivity index (χ0n) is 16.3. The van der Waals surface area contributed by atoms with E-state index in [1.807, 2.05) is 19.1 Å². The number of rotatable bonds is 6. The van der Waals surface area contributed by atoms with Crippen LogP contribution < -0.4 is 9.62 Å². The zero-order chi connectivity index (χ0) is 20.1. The van der Waals surface area contributed by atoms with Crippen molar-refractivity contribution >= 4 is 21.6 Å². The highest BCUT2D eigenvalue weighted by Gasteiger charge is 2.22. The van der Waals surface area contributed by atoms with E-state index in [1.165, 1.54) is 23.5 Å². The summed E-state index contributed by atoms with van der Waals surface area (Å²) in [5, 5.41) is 2.93. The summed E-state index contributed by atoms with van der Waals surface area (Å²) in [6, 6.07) is 13.5. The van der Waals surface area contributed by atoms with Crippen LogP contribution in [0.25, 0.3) is 0 Å². The molecule has 0 saturated heterocycles. The molecule has 2 aromatic rings. The Morgan fingerprint density at radius 1 is 1.14 bits per heavy atom.